The maximum atomic E-state index is 12.5. The zero-order chi connectivity index (χ0) is 17.1. The SMILES string of the molecule is Cc1ccccc1-c1nnn(CC(=O)N(C)C2CCC(C)CC2)n1. The Bertz CT molecular complexity index is 703. The van der Waals surface area contributed by atoms with E-state index in [1.165, 1.54) is 17.6 Å². The van der Waals surface area contributed by atoms with E-state index in [-0.39, 0.29) is 12.5 Å². The fraction of sp³-hybridized carbons (Fsp3) is 0.556. The van der Waals surface area contributed by atoms with Crippen LogP contribution < -0.4 is 0 Å². The number of amides is 1. The first-order chi connectivity index (χ1) is 11.5. The lowest BCUT2D eigenvalue weighted by Crippen LogP contribution is -2.41. The van der Waals surface area contributed by atoms with E-state index in [1.54, 1.807) is 0 Å². The van der Waals surface area contributed by atoms with Crippen molar-refractivity contribution in [3.05, 3.63) is 29.8 Å². The van der Waals surface area contributed by atoms with Crippen molar-refractivity contribution >= 4 is 5.91 Å². The third kappa shape index (κ3) is 3.63. The number of benzene rings is 1. The number of likely N-dealkylation sites (N-methyl/N-ethyl adjacent to an activating group) is 1. The molecule has 1 aromatic heterocycles. The topological polar surface area (TPSA) is 63.9 Å². The van der Waals surface area contributed by atoms with Crippen molar-refractivity contribution in [2.75, 3.05) is 7.05 Å². The molecule has 1 amide bonds. The Morgan fingerprint density at radius 2 is 1.96 bits per heavy atom. The number of tetrazole rings is 1. The van der Waals surface area contributed by atoms with Crippen molar-refractivity contribution in [1.29, 1.82) is 0 Å². The van der Waals surface area contributed by atoms with E-state index >= 15 is 0 Å². The fourth-order valence-electron chi connectivity index (χ4n) is 3.31. The second-order valence-corrected chi connectivity index (χ2v) is 6.88. The molecule has 3 rings (SSSR count). The number of aryl methyl sites for hydroxylation is 1. The normalized spacial score (nSPS) is 20.8. The van der Waals surface area contributed by atoms with Gasteiger partial charge in [0.05, 0.1) is 0 Å². The Kier molecular flexibility index (Phi) is 4.92. The van der Waals surface area contributed by atoms with Crippen molar-refractivity contribution < 1.29 is 4.79 Å². The molecule has 0 atom stereocenters. The summed E-state index contributed by atoms with van der Waals surface area (Å²) in [4.78, 5) is 15.8. The minimum absolute atomic E-state index is 0.0447. The molecule has 1 heterocycles. The van der Waals surface area contributed by atoms with Crippen molar-refractivity contribution in [3.63, 3.8) is 0 Å². The zero-order valence-electron chi connectivity index (χ0n) is 14.6. The second-order valence-electron chi connectivity index (χ2n) is 6.88. The van der Waals surface area contributed by atoms with Crippen molar-refractivity contribution in [2.45, 2.75) is 52.1 Å². The summed E-state index contributed by atoms with van der Waals surface area (Å²) in [5.74, 6) is 1.39. The maximum Gasteiger partial charge on any atom is 0.246 e. The highest BCUT2D eigenvalue weighted by Crippen LogP contribution is 2.26. The van der Waals surface area contributed by atoms with Gasteiger partial charge in [0.2, 0.25) is 11.7 Å². The van der Waals surface area contributed by atoms with Crippen LogP contribution >= 0.6 is 0 Å². The highest BCUT2D eigenvalue weighted by molar-refractivity contribution is 5.75. The van der Waals surface area contributed by atoms with Crippen LogP contribution in [-0.2, 0) is 11.3 Å². The Balaban J connectivity index is 1.64. The summed E-state index contributed by atoms with van der Waals surface area (Å²) in [5, 5.41) is 12.5. The molecule has 6 nitrogen and oxygen atoms in total. The maximum absolute atomic E-state index is 12.5. The minimum Gasteiger partial charge on any atom is -0.341 e. The molecule has 0 radical (unpaired) electrons. The van der Waals surface area contributed by atoms with E-state index in [0.717, 1.165) is 29.9 Å². The van der Waals surface area contributed by atoms with Gasteiger partial charge in [-0.2, -0.15) is 4.80 Å². The third-order valence-corrected chi connectivity index (χ3v) is 5.04. The third-order valence-electron chi connectivity index (χ3n) is 5.04. The van der Waals surface area contributed by atoms with Crippen LogP contribution in [0.15, 0.2) is 24.3 Å². The number of hydrogen-bond donors (Lipinski definition) is 0. The summed E-state index contributed by atoms with van der Waals surface area (Å²) in [6.45, 7) is 4.44. The standard InChI is InChI=1S/C18H25N5O/c1-13-8-10-15(11-9-13)22(3)17(24)12-23-20-18(19-21-23)16-7-5-4-6-14(16)2/h4-7,13,15H,8-12H2,1-3H3. The summed E-state index contributed by atoms with van der Waals surface area (Å²) in [6, 6.07) is 8.25. The molecule has 1 saturated carbocycles. The van der Waals surface area contributed by atoms with Gasteiger partial charge < -0.3 is 4.90 Å². The first-order valence-corrected chi connectivity index (χ1v) is 8.64. The highest BCUT2D eigenvalue weighted by atomic mass is 16.2. The van der Waals surface area contributed by atoms with Crippen LogP contribution in [0, 0.1) is 12.8 Å². The molecule has 0 spiro atoms. The van der Waals surface area contributed by atoms with Crippen molar-refractivity contribution in [2.24, 2.45) is 5.92 Å². The molecule has 1 aromatic carbocycles. The minimum atomic E-state index is 0.0447. The van der Waals surface area contributed by atoms with E-state index in [9.17, 15) is 4.79 Å². The number of carbonyl (C=O) groups excluding carboxylic acids is 1. The molecule has 128 valence electrons. The molecule has 6 heteroatoms. The molecule has 0 unspecified atom stereocenters. The molecule has 1 aliphatic rings. The summed E-state index contributed by atoms with van der Waals surface area (Å²) >= 11 is 0. The van der Waals surface area contributed by atoms with Crippen molar-refractivity contribution in [3.8, 4) is 11.4 Å². The molecule has 0 aliphatic heterocycles. The largest absolute Gasteiger partial charge is 0.341 e. The van der Waals surface area contributed by atoms with E-state index < -0.39 is 0 Å². The molecule has 0 bridgehead atoms. The number of carbonyl (C=O) groups is 1. The van der Waals surface area contributed by atoms with E-state index in [4.69, 9.17) is 0 Å². The quantitative estimate of drug-likeness (QED) is 0.866. The van der Waals surface area contributed by atoms with E-state index in [1.807, 2.05) is 43.1 Å². The van der Waals surface area contributed by atoms with Gasteiger partial charge in [0.15, 0.2) is 0 Å². The fourth-order valence-corrected chi connectivity index (χ4v) is 3.31. The molecule has 1 fully saturated rings. The van der Waals surface area contributed by atoms with Gasteiger partial charge in [-0.25, -0.2) is 0 Å². The number of nitrogens with zero attached hydrogens (tertiary/aromatic N) is 5. The van der Waals surface area contributed by atoms with E-state index in [0.29, 0.717) is 11.9 Å². The summed E-state index contributed by atoms with van der Waals surface area (Å²) in [6.07, 6.45) is 4.56. The Hall–Kier alpha value is -2.24. The smallest absolute Gasteiger partial charge is 0.246 e. The lowest BCUT2D eigenvalue weighted by Gasteiger charge is -2.33. The number of hydrogen-bond acceptors (Lipinski definition) is 4. The Labute approximate surface area is 142 Å². The van der Waals surface area contributed by atoms with Gasteiger partial charge in [0.25, 0.3) is 0 Å². The van der Waals surface area contributed by atoms with Crippen molar-refractivity contribution in [1.82, 2.24) is 25.1 Å². The van der Waals surface area contributed by atoms with Crippen LogP contribution in [0.25, 0.3) is 11.4 Å². The predicted octanol–water partition coefficient (Wildman–Crippen LogP) is 2.69. The monoisotopic (exact) mass is 327 g/mol. The van der Waals surface area contributed by atoms with Crippen LogP contribution in [0.5, 0.6) is 0 Å². The molecular formula is C18H25N5O. The average molecular weight is 327 g/mol. The summed E-state index contributed by atoms with van der Waals surface area (Å²) in [7, 11) is 1.89. The molecule has 1 aliphatic carbocycles. The highest BCUT2D eigenvalue weighted by Gasteiger charge is 2.25. The van der Waals surface area contributed by atoms with Gasteiger partial charge in [-0.1, -0.05) is 31.2 Å². The summed E-state index contributed by atoms with van der Waals surface area (Å²) < 4.78 is 0. The van der Waals surface area contributed by atoms with E-state index in [2.05, 4.69) is 22.3 Å². The van der Waals surface area contributed by atoms with Gasteiger partial charge in [0, 0.05) is 18.7 Å². The zero-order valence-corrected chi connectivity index (χ0v) is 14.6. The first-order valence-electron chi connectivity index (χ1n) is 8.64. The van der Waals surface area contributed by atoms with Crippen LogP contribution in [-0.4, -0.2) is 44.1 Å². The second kappa shape index (κ2) is 7.11. The van der Waals surface area contributed by atoms with Gasteiger partial charge >= 0.3 is 0 Å². The average Bonchev–Trinajstić information content (AvgIpc) is 3.03. The van der Waals surface area contributed by atoms with Gasteiger partial charge in [-0.05, 0) is 49.3 Å². The Morgan fingerprint density at radius 3 is 2.67 bits per heavy atom. The molecule has 24 heavy (non-hydrogen) atoms. The molecule has 2 aromatic rings. The van der Waals surface area contributed by atoms with Crippen LogP contribution in [0.4, 0.5) is 0 Å². The van der Waals surface area contributed by atoms with Crippen LogP contribution in [0.2, 0.25) is 0 Å². The molecular weight excluding hydrogens is 302 g/mol. The Morgan fingerprint density at radius 1 is 1.25 bits per heavy atom. The first kappa shape index (κ1) is 16.6. The number of rotatable bonds is 4. The molecule has 0 saturated heterocycles. The number of aromatic nitrogens is 4. The van der Waals surface area contributed by atoms with Crippen LogP contribution in [0.1, 0.15) is 38.2 Å². The van der Waals surface area contributed by atoms with Gasteiger partial charge in [0.1, 0.15) is 6.54 Å². The summed E-state index contributed by atoms with van der Waals surface area (Å²) in [5.41, 5.74) is 2.04. The van der Waals surface area contributed by atoms with Gasteiger partial charge in [-0.15, -0.1) is 10.2 Å². The lowest BCUT2D eigenvalue weighted by molar-refractivity contribution is -0.133. The van der Waals surface area contributed by atoms with Gasteiger partial charge in [-0.3, -0.25) is 4.79 Å². The lowest BCUT2D eigenvalue weighted by atomic mass is 9.87. The predicted molar refractivity (Wildman–Crippen MR) is 92.2 cm³/mol. The van der Waals surface area contributed by atoms with Crippen LogP contribution in [0.3, 0.4) is 0 Å². The molecule has 0 N–H and O–H groups in total.